The second-order valence-electron chi connectivity index (χ2n) is 12.2. The quantitative estimate of drug-likeness (QED) is 0.187. The number of benzene rings is 7. The molecule has 0 aliphatic rings. The van der Waals surface area contributed by atoms with Crippen LogP contribution in [0.5, 0.6) is 0 Å². The number of hydrogen-bond donors (Lipinski definition) is 0. The Balaban J connectivity index is 1.30. The van der Waals surface area contributed by atoms with E-state index >= 15 is 0 Å². The molecule has 10 rings (SSSR count). The average Bonchev–Trinajstić information content (AvgIpc) is 3.73. The molecule has 7 aromatic carbocycles. The van der Waals surface area contributed by atoms with Crippen molar-refractivity contribution in [2.24, 2.45) is 0 Å². The largest absolute Gasteiger partial charge is 0.456 e. The molecule has 0 fully saturated rings. The fraction of sp³-hybridized carbons (Fsp3) is 0. The molecule has 3 heterocycles. The molecule has 5 heteroatoms. The molecule has 4 nitrogen and oxygen atoms in total. The number of fused-ring (bicyclic) bond motifs is 7. The zero-order valence-electron chi connectivity index (χ0n) is 26.2. The van der Waals surface area contributed by atoms with Crippen molar-refractivity contribution in [2.75, 3.05) is 4.90 Å². The molecule has 10 aromatic rings. The summed E-state index contributed by atoms with van der Waals surface area (Å²) in [6, 6.07) is 57.2. The Bertz CT molecular complexity index is 2840. The third-order valence-electron chi connectivity index (χ3n) is 9.23. The van der Waals surface area contributed by atoms with E-state index in [1.807, 2.05) is 18.2 Å². The summed E-state index contributed by atoms with van der Waals surface area (Å²) in [4.78, 5) is 13.1. The van der Waals surface area contributed by atoms with E-state index in [4.69, 9.17) is 14.4 Å². The predicted molar refractivity (Wildman–Crippen MR) is 205 cm³/mol. The number of nitrogens with zero attached hydrogens (tertiary/aromatic N) is 3. The van der Waals surface area contributed by atoms with Crippen molar-refractivity contribution in [1.82, 2.24) is 9.97 Å². The number of anilines is 3. The first-order valence-corrected chi connectivity index (χ1v) is 17.1. The first-order valence-electron chi connectivity index (χ1n) is 16.3. The van der Waals surface area contributed by atoms with Crippen LogP contribution in [-0.2, 0) is 0 Å². The van der Waals surface area contributed by atoms with Crippen LogP contribution in [0.1, 0.15) is 0 Å². The SMILES string of the molecule is c1ccc(-c2nc(-c3cc(N(c4ccccc4)c4ccc5ccccc5c4)cc4oc5ccccc5c34)nc3c2sc2ccccc23)cc1. The molecule has 230 valence electrons. The highest BCUT2D eigenvalue weighted by molar-refractivity contribution is 7.26. The van der Waals surface area contributed by atoms with Gasteiger partial charge < -0.3 is 9.32 Å². The maximum Gasteiger partial charge on any atom is 0.161 e. The van der Waals surface area contributed by atoms with Crippen LogP contribution in [0.15, 0.2) is 168 Å². The molecular weight excluding hydrogens is 619 g/mol. The number of hydrogen-bond acceptors (Lipinski definition) is 5. The summed E-state index contributed by atoms with van der Waals surface area (Å²) in [5, 5.41) is 5.55. The van der Waals surface area contributed by atoms with Crippen molar-refractivity contribution >= 4 is 81.4 Å². The summed E-state index contributed by atoms with van der Waals surface area (Å²) < 4.78 is 8.91. The summed E-state index contributed by atoms with van der Waals surface area (Å²) in [6.07, 6.45) is 0. The van der Waals surface area contributed by atoms with Crippen molar-refractivity contribution < 1.29 is 4.42 Å². The van der Waals surface area contributed by atoms with Crippen LogP contribution in [0.25, 0.3) is 75.7 Å². The molecule has 0 spiro atoms. The second-order valence-corrected chi connectivity index (χ2v) is 13.3. The number of furan rings is 1. The molecule has 0 bridgehead atoms. The number of thiophene rings is 1. The van der Waals surface area contributed by atoms with Gasteiger partial charge >= 0.3 is 0 Å². The molecule has 0 saturated carbocycles. The maximum absolute atomic E-state index is 6.62. The van der Waals surface area contributed by atoms with E-state index < -0.39 is 0 Å². The summed E-state index contributed by atoms with van der Waals surface area (Å²) in [5.41, 5.74) is 8.56. The van der Waals surface area contributed by atoms with Gasteiger partial charge in [0, 0.05) is 49.4 Å². The highest BCUT2D eigenvalue weighted by atomic mass is 32.1. The third kappa shape index (κ3) is 4.59. The van der Waals surface area contributed by atoms with E-state index in [2.05, 4.69) is 150 Å². The lowest BCUT2D eigenvalue weighted by molar-refractivity contribution is 0.669. The van der Waals surface area contributed by atoms with E-state index in [1.54, 1.807) is 11.3 Å². The molecule has 0 atom stereocenters. The Hall–Kier alpha value is -6.30. The lowest BCUT2D eigenvalue weighted by Gasteiger charge is -2.26. The van der Waals surface area contributed by atoms with Gasteiger partial charge in [0.2, 0.25) is 0 Å². The second kappa shape index (κ2) is 11.2. The fourth-order valence-electron chi connectivity index (χ4n) is 6.99. The lowest BCUT2D eigenvalue weighted by atomic mass is 10.0. The van der Waals surface area contributed by atoms with Crippen molar-refractivity contribution in [1.29, 1.82) is 0 Å². The van der Waals surface area contributed by atoms with Gasteiger partial charge in [0.1, 0.15) is 11.2 Å². The average molecular weight is 646 g/mol. The highest BCUT2D eigenvalue weighted by Crippen LogP contribution is 2.45. The van der Waals surface area contributed by atoms with Crippen LogP contribution < -0.4 is 4.90 Å². The molecule has 0 N–H and O–H groups in total. The van der Waals surface area contributed by atoms with Crippen molar-refractivity contribution in [2.45, 2.75) is 0 Å². The van der Waals surface area contributed by atoms with E-state index in [9.17, 15) is 0 Å². The van der Waals surface area contributed by atoms with E-state index in [0.717, 1.165) is 71.4 Å². The van der Waals surface area contributed by atoms with Gasteiger partial charge in [-0.3, -0.25) is 0 Å². The Morgan fingerprint density at radius 3 is 2.08 bits per heavy atom. The molecule has 0 radical (unpaired) electrons. The lowest BCUT2D eigenvalue weighted by Crippen LogP contribution is -2.10. The Kier molecular flexibility index (Phi) is 6.32. The Morgan fingerprint density at radius 1 is 0.510 bits per heavy atom. The molecule has 0 saturated heterocycles. The van der Waals surface area contributed by atoms with Gasteiger partial charge in [-0.1, -0.05) is 115 Å². The van der Waals surface area contributed by atoms with Gasteiger partial charge in [0.05, 0.1) is 21.6 Å². The van der Waals surface area contributed by atoms with Crippen molar-refractivity contribution in [3.8, 4) is 22.6 Å². The normalized spacial score (nSPS) is 11.7. The zero-order chi connectivity index (χ0) is 32.3. The smallest absolute Gasteiger partial charge is 0.161 e. The minimum atomic E-state index is 0.667. The highest BCUT2D eigenvalue weighted by Gasteiger charge is 2.23. The van der Waals surface area contributed by atoms with Crippen LogP contribution >= 0.6 is 11.3 Å². The molecule has 0 aliphatic carbocycles. The number of para-hydroxylation sites is 2. The van der Waals surface area contributed by atoms with Crippen molar-refractivity contribution in [3.63, 3.8) is 0 Å². The Labute approximate surface area is 286 Å². The third-order valence-corrected chi connectivity index (χ3v) is 10.4. The van der Waals surface area contributed by atoms with Crippen LogP contribution in [-0.4, -0.2) is 9.97 Å². The topological polar surface area (TPSA) is 42.2 Å². The molecule has 49 heavy (non-hydrogen) atoms. The van der Waals surface area contributed by atoms with Gasteiger partial charge in [-0.05, 0) is 53.2 Å². The summed E-state index contributed by atoms with van der Waals surface area (Å²) >= 11 is 1.75. The monoisotopic (exact) mass is 645 g/mol. The van der Waals surface area contributed by atoms with Crippen molar-refractivity contribution in [3.05, 3.63) is 164 Å². The molecule has 0 unspecified atom stereocenters. The maximum atomic E-state index is 6.62. The molecule has 0 amide bonds. The summed E-state index contributed by atoms with van der Waals surface area (Å²) in [7, 11) is 0. The van der Waals surface area contributed by atoms with E-state index in [1.165, 1.54) is 15.5 Å². The summed E-state index contributed by atoms with van der Waals surface area (Å²) in [5.74, 6) is 0.667. The Morgan fingerprint density at radius 2 is 1.22 bits per heavy atom. The molecule has 3 aromatic heterocycles. The number of aromatic nitrogens is 2. The van der Waals surface area contributed by atoms with Gasteiger partial charge in [-0.15, -0.1) is 11.3 Å². The zero-order valence-corrected chi connectivity index (χ0v) is 27.1. The standard InChI is InChI=1S/C44H27N3OS/c1-3-14-29(15-4-1)41-43-42(35-20-10-12-22-39(35)49-43)46-44(45-41)36-26-33(27-38-40(36)34-19-9-11-21-37(34)48-38)47(31-17-5-2-6-18-31)32-24-23-28-13-7-8-16-30(28)25-32/h1-27H. The molecular formula is C44H27N3OS. The van der Waals surface area contributed by atoms with Gasteiger partial charge in [-0.2, -0.15) is 0 Å². The fourth-order valence-corrected chi connectivity index (χ4v) is 8.14. The predicted octanol–water partition coefficient (Wildman–Crippen LogP) is 12.7. The van der Waals surface area contributed by atoms with Crippen LogP contribution in [0.4, 0.5) is 17.1 Å². The van der Waals surface area contributed by atoms with Gasteiger partial charge in [0.25, 0.3) is 0 Å². The minimum absolute atomic E-state index is 0.667. The van der Waals surface area contributed by atoms with E-state index in [0.29, 0.717) is 5.82 Å². The van der Waals surface area contributed by atoms with Gasteiger partial charge in [0.15, 0.2) is 5.82 Å². The minimum Gasteiger partial charge on any atom is -0.456 e. The van der Waals surface area contributed by atoms with Crippen LogP contribution in [0, 0.1) is 0 Å². The van der Waals surface area contributed by atoms with Gasteiger partial charge in [-0.25, -0.2) is 9.97 Å². The summed E-state index contributed by atoms with van der Waals surface area (Å²) in [6.45, 7) is 0. The first kappa shape index (κ1) is 27.8. The molecule has 0 aliphatic heterocycles. The van der Waals surface area contributed by atoms with E-state index in [-0.39, 0.29) is 0 Å². The van der Waals surface area contributed by atoms with Crippen LogP contribution in [0.2, 0.25) is 0 Å². The number of rotatable bonds is 5. The first-order chi connectivity index (χ1) is 24.3. The van der Waals surface area contributed by atoms with Crippen LogP contribution in [0.3, 0.4) is 0 Å².